The summed E-state index contributed by atoms with van der Waals surface area (Å²) in [5.41, 5.74) is 5.32. The second-order valence-corrected chi connectivity index (χ2v) is 6.98. The molecule has 0 saturated carbocycles. The predicted molar refractivity (Wildman–Crippen MR) is 119 cm³/mol. The zero-order valence-corrected chi connectivity index (χ0v) is 17.4. The summed E-state index contributed by atoms with van der Waals surface area (Å²) < 4.78 is 11.7. The zero-order valence-electron chi connectivity index (χ0n) is 17.4. The first kappa shape index (κ1) is 21.1. The van der Waals surface area contributed by atoms with E-state index in [0.717, 1.165) is 22.4 Å². The highest BCUT2D eigenvalue weighted by molar-refractivity contribution is 5.87. The number of benzene rings is 3. The predicted octanol–water partition coefficient (Wildman–Crippen LogP) is 5.73. The van der Waals surface area contributed by atoms with Gasteiger partial charge in [-0.3, -0.25) is 4.99 Å². The van der Waals surface area contributed by atoms with Gasteiger partial charge in [0.15, 0.2) is 11.5 Å². The number of hydrogen-bond donors (Lipinski definition) is 1. The zero-order chi connectivity index (χ0) is 21.5. The molecule has 0 unspecified atom stereocenters. The number of carboxylic acid groups (broad SMARTS) is 1. The van der Waals surface area contributed by atoms with Crippen LogP contribution in [0.2, 0.25) is 0 Å². The quantitative estimate of drug-likeness (QED) is 0.488. The van der Waals surface area contributed by atoms with Crippen molar-refractivity contribution in [1.29, 1.82) is 0 Å². The minimum absolute atomic E-state index is 0.251. The van der Waals surface area contributed by atoms with Crippen LogP contribution in [-0.2, 0) is 6.61 Å². The third-order valence-corrected chi connectivity index (χ3v) is 4.57. The SMILES string of the molecule is CCOc1cc(C=Nc2ccc(C)cc2C)ccc1OCc1ccc(C(=O)O)cc1. The van der Waals surface area contributed by atoms with Crippen LogP contribution < -0.4 is 9.47 Å². The van der Waals surface area contributed by atoms with Gasteiger partial charge in [-0.15, -0.1) is 0 Å². The van der Waals surface area contributed by atoms with Gasteiger partial charge in [-0.25, -0.2) is 4.79 Å². The van der Waals surface area contributed by atoms with Crippen molar-refractivity contribution in [2.75, 3.05) is 6.61 Å². The topological polar surface area (TPSA) is 68.1 Å². The van der Waals surface area contributed by atoms with Gasteiger partial charge < -0.3 is 14.6 Å². The van der Waals surface area contributed by atoms with Crippen LogP contribution in [0.25, 0.3) is 0 Å². The van der Waals surface area contributed by atoms with E-state index in [9.17, 15) is 4.79 Å². The first-order chi connectivity index (χ1) is 14.5. The molecule has 0 bridgehead atoms. The Morgan fingerprint density at radius 2 is 1.73 bits per heavy atom. The Balaban J connectivity index is 1.74. The fourth-order valence-electron chi connectivity index (χ4n) is 2.99. The van der Waals surface area contributed by atoms with Gasteiger partial charge in [-0.2, -0.15) is 0 Å². The Morgan fingerprint density at radius 3 is 2.40 bits per heavy atom. The highest BCUT2D eigenvalue weighted by atomic mass is 16.5. The van der Waals surface area contributed by atoms with Crippen molar-refractivity contribution in [1.82, 2.24) is 0 Å². The van der Waals surface area contributed by atoms with E-state index in [4.69, 9.17) is 14.6 Å². The summed E-state index contributed by atoms with van der Waals surface area (Å²) in [5, 5.41) is 8.99. The van der Waals surface area contributed by atoms with Crippen molar-refractivity contribution in [3.8, 4) is 11.5 Å². The summed E-state index contributed by atoms with van der Waals surface area (Å²) in [5.74, 6) is 0.325. The molecule has 5 nitrogen and oxygen atoms in total. The van der Waals surface area contributed by atoms with Crippen molar-refractivity contribution in [2.24, 2.45) is 4.99 Å². The molecule has 0 spiro atoms. The third kappa shape index (κ3) is 5.47. The van der Waals surface area contributed by atoms with Crippen LogP contribution in [0.5, 0.6) is 11.5 Å². The minimum Gasteiger partial charge on any atom is -0.490 e. The van der Waals surface area contributed by atoms with E-state index in [1.54, 1.807) is 24.3 Å². The maximum atomic E-state index is 11.0. The van der Waals surface area contributed by atoms with Gasteiger partial charge in [0, 0.05) is 6.21 Å². The number of ether oxygens (including phenoxy) is 2. The van der Waals surface area contributed by atoms with Crippen LogP contribution in [0.1, 0.15) is 39.5 Å². The van der Waals surface area contributed by atoms with Crippen molar-refractivity contribution in [3.05, 3.63) is 88.5 Å². The summed E-state index contributed by atoms with van der Waals surface area (Å²) in [4.78, 5) is 15.6. The lowest BCUT2D eigenvalue weighted by molar-refractivity contribution is 0.0697. The number of aromatic carboxylic acids is 1. The Morgan fingerprint density at radius 1 is 0.967 bits per heavy atom. The summed E-state index contributed by atoms with van der Waals surface area (Å²) in [6.07, 6.45) is 1.81. The molecule has 0 aliphatic carbocycles. The Hall–Kier alpha value is -3.60. The monoisotopic (exact) mass is 403 g/mol. The second-order valence-electron chi connectivity index (χ2n) is 6.98. The Labute approximate surface area is 176 Å². The van der Waals surface area contributed by atoms with E-state index in [-0.39, 0.29) is 5.56 Å². The Kier molecular flexibility index (Phi) is 6.86. The third-order valence-electron chi connectivity index (χ3n) is 4.57. The Bertz CT molecular complexity index is 1060. The maximum Gasteiger partial charge on any atom is 0.335 e. The van der Waals surface area contributed by atoms with E-state index in [2.05, 4.69) is 18.0 Å². The average molecular weight is 403 g/mol. The molecule has 0 fully saturated rings. The number of carbonyl (C=O) groups is 1. The van der Waals surface area contributed by atoms with Gasteiger partial charge in [-0.05, 0) is 73.9 Å². The average Bonchev–Trinajstić information content (AvgIpc) is 2.73. The van der Waals surface area contributed by atoms with Gasteiger partial charge in [0.1, 0.15) is 6.61 Å². The molecule has 0 radical (unpaired) electrons. The first-order valence-corrected chi connectivity index (χ1v) is 9.79. The van der Waals surface area contributed by atoms with Crippen LogP contribution in [0, 0.1) is 13.8 Å². The van der Waals surface area contributed by atoms with Crippen LogP contribution >= 0.6 is 0 Å². The second kappa shape index (κ2) is 9.74. The number of carboxylic acids is 1. The number of rotatable bonds is 8. The van der Waals surface area contributed by atoms with Crippen molar-refractivity contribution >= 4 is 17.9 Å². The van der Waals surface area contributed by atoms with E-state index < -0.39 is 5.97 Å². The van der Waals surface area contributed by atoms with Crippen molar-refractivity contribution in [2.45, 2.75) is 27.4 Å². The normalized spacial score (nSPS) is 10.9. The lowest BCUT2D eigenvalue weighted by Gasteiger charge is -2.13. The van der Waals surface area contributed by atoms with Crippen LogP contribution in [0.4, 0.5) is 5.69 Å². The molecule has 0 aliphatic rings. The molecule has 0 saturated heterocycles. The molecule has 154 valence electrons. The number of hydrogen-bond acceptors (Lipinski definition) is 4. The van der Waals surface area contributed by atoms with Gasteiger partial charge in [0.25, 0.3) is 0 Å². The van der Waals surface area contributed by atoms with Gasteiger partial charge >= 0.3 is 5.97 Å². The molecule has 3 rings (SSSR count). The highest BCUT2D eigenvalue weighted by Gasteiger charge is 2.08. The number of aryl methyl sites for hydroxylation is 2. The molecule has 0 amide bonds. The summed E-state index contributed by atoms with van der Waals surface area (Å²) in [6, 6.07) is 18.5. The largest absolute Gasteiger partial charge is 0.490 e. The smallest absolute Gasteiger partial charge is 0.335 e. The molecule has 1 N–H and O–H groups in total. The fourth-order valence-corrected chi connectivity index (χ4v) is 2.99. The van der Waals surface area contributed by atoms with E-state index in [1.165, 1.54) is 5.56 Å². The molecule has 0 aromatic heterocycles. The molecular weight excluding hydrogens is 378 g/mol. The van der Waals surface area contributed by atoms with E-state index in [0.29, 0.717) is 24.7 Å². The summed E-state index contributed by atoms with van der Waals surface area (Å²) >= 11 is 0. The van der Waals surface area contributed by atoms with E-state index in [1.807, 2.05) is 50.4 Å². The van der Waals surface area contributed by atoms with Crippen molar-refractivity contribution < 1.29 is 19.4 Å². The molecule has 0 aliphatic heterocycles. The van der Waals surface area contributed by atoms with Gasteiger partial charge in [0.2, 0.25) is 0 Å². The molecule has 0 atom stereocenters. The van der Waals surface area contributed by atoms with Crippen LogP contribution in [0.3, 0.4) is 0 Å². The van der Waals surface area contributed by atoms with Crippen LogP contribution in [-0.4, -0.2) is 23.9 Å². The standard InChI is InChI=1S/C25H25NO4/c1-4-29-24-14-20(15-26-22-11-5-17(2)13-18(22)3)8-12-23(24)30-16-19-6-9-21(10-7-19)25(27)28/h5-15H,4,16H2,1-3H3,(H,27,28). The minimum atomic E-state index is -0.945. The van der Waals surface area contributed by atoms with Crippen LogP contribution in [0.15, 0.2) is 65.7 Å². The van der Waals surface area contributed by atoms with Gasteiger partial charge in [0.05, 0.1) is 17.9 Å². The van der Waals surface area contributed by atoms with Crippen molar-refractivity contribution in [3.63, 3.8) is 0 Å². The molecule has 3 aromatic rings. The molecule has 30 heavy (non-hydrogen) atoms. The van der Waals surface area contributed by atoms with E-state index >= 15 is 0 Å². The molecule has 3 aromatic carbocycles. The molecular formula is C25H25NO4. The lowest BCUT2D eigenvalue weighted by Crippen LogP contribution is -2.01. The lowest BCUT2D eigenvalue weighted by atomic mass is 10.1. The first-order valence-electron chi connectivity index (χ1n) is 9.79. The summed E-state index contributed by atoms with van der Waals surface area (Å²) in [7, 11) is 0. The highest BCUT2D eigenvalue weighted by Crippen LogP contribution is 2.29. The molecule has 5 heteroatoms. The maximum absolute atomic E-state index is 11.0. The van der Waals surface area contributed by atoms with Gasteiger partial charge in [-0.1, -0.05) is 29.8 Å². The number of nitrogens with zero attached hydrogens (tertiary/aromatic N) is 1. The summed E-state index contributed by atoms with van der Waals surface area (Å²) in [6.45, 7) is 6.86. The molecule has 0 heterocycles. The number of aliphatic imine (C=N–C) groups is 1. The fraction of sp³-hybridized carbons (Fsp3) is 0.200.